The minimum Gasteiger partial charge on any atom is -0.481 e. The van der Waals surface area contributed by atoms with E-state index in [1.165, 1.54) is 6.42 Å². The molecule has 1 aliphatic heterocycles. The molecule has 1 aliphatic rings. The van der Waals surface area contributed by atoms with Gasteiger partial charge in [-0.15, -0.1) is 0 Å². The van der Waals surface area contributed by atoms with Crippen molar-refractivity contribution in [2.75, 3.05) is 6.54 Å². The highest BCUT2D eigenvalue weighted by atomic mass is 16.4. The lowest BCUT2D eigenvalue weighted by atomic mass is 10.1. The summed E-state index contributed by atoms with van der Waals surface area (Å²) in [6, 6.07) is -1.34. The first-order valence-electron chi connectivity index (χ1n) is 10.9. The number of carbonyl (C=O) groups is 6. The maximum Gasteiger partial charge on any atom is 0.326 e. The second-order valence-corrected chi connectivity index (χ2v) is 7.51. The summed E-state index contributed by atoms with van der Waals surface area (Å²) in [7, 11) is 0. The predicted octanol–water partition coefficient (Wildman–Crippen LogP) is 1.78. The second-order valence-electron chi connectivity index (χ2n) is 7.51. The van der Waals surface area contributed by atoms with Crippen LogP contribution in [0.4, 0.5) is 0 Å². The molecule has 182 valence electrons. The van der Waals surface area contributed by atoms with Crippen LogP contribution in [0, 0.1) is 0 Å². The molecular weight excluding hydrogens is 424 g/mol. The van der Waals surface area contributed by atoms with Crippen molar-refractivity contribution in [2.45, 2.75) is 90.0 Å². The Labute approximate surface area is 187 Å². The van der Waals surface area contributed by atoms with Crippen LogP contribution < -0.4 is 5.32 Å². The van der Waals surface area contributed by atoms with Gasteiger partial charge in [0.2, 0.25) is 17.7 Å². The maximum atomic E-state index is 11.5. The third-order valence-electron chi connectivity index (χ3n) is 4.70. The number of rotatable bonds is 15. The summed E-state index contributed by atoms with van der Waals surface area (Å²) in [6.45, 7) is 2.37. The monoisotopic (exact) mass is 458 g/mol. The Morgan fingerprint density at radius 1 is 0.844 bits per heavy atom. The molecular formula is C21H34N2O9. The fourth-order valence-corrected chi connectivity index (χ4v) is 2.97. The van der Waals surface area contributed by atoms with E-state index in [0.717, 1.165) is 30.6 Å². The number of aliphatic carboxylic acids is 3. The number of unbranched alkanes of at least 4 members (excludes halogenated alkanes) is 5. The van der Waals surface area contributed by atoms with Crippen LogP contribution in [0.2, 0.25) is 0 Å². The van der Waals surface area contributed by atoms with Crippen molar-refractivity contribution in [2.24, 2.45) is 0 Å². The number of carbonyl (C=O) groups excluding carboxylic acids is 3. The molecule has 4 N–H and O–H groups in total. The van der Waals surface area contributed by atoms with E-state index in [-0.39, 0.29) is 44.0 Å². The van der Waals surface area contributed by atoms with Crippen LogP contribution in [0.1, 0.15) is 84.0 Å². The zero-order valence-electron chi connectivity index (χ0n) is 18.5. The number of carboxylic acid groups (broad SMARTS) is 3. The van der Waals surface area contributed by atoms with Crippen LogP contribution in [0.3, 0.4) is 0 Å². The Balaban J connectivity index is 0.000000641. The standard InChI is InChI=1S/C13H23NO5.C8H11NO4/c1-2-3-4-5-6-7-8-11(15)14-10(13(18)19)9-12(16)17;10-6-3-4-7(11)9(6)5-1-2-8(12)13/h10H,2-9H2,1H3,(H,14,15)(H,16,17)(H,18,19);1-5H2,(H,12,13). The third kappa shape index (κ3) is 14.1. The molecule has 1 rings (SSSR count). The molecule has 0 aromatic carbocycles. The fourth-order valence-electron chi connectivity index (χ4n) is 2.97. The fraction of sp³-hybridized carbons (Fsp3) is 0.714. The van der Waals surface area contributed by atoms with Crippen molar-refractivity contribution in [3.8, 4) is 0 Å². The average molecular weight is 459 g/mol. The first kappa shape index (κ1) is 29.0. The summed E-state index contributed by atoms with van der Waals surface area (Å²) < 4.78 is 0. The predicted molar refractivity (Wildman–Crippen MR) is 113 cm³/mol. The highest BCUT2D eigenvalue weighted by molar-refractivity contribution is 6.01. The Hall–Kier alpha value is -2.98. The molecule has 11 nitrogen and oxygen atoms in total. The summed E-state index contributed by atoms with van der Waals surface area (Å²) in [5, 5.41) is 27.9. The van der Waals surface area contributed by atoms with E-state index in [4.69, 9.17) is 15.3 Å². The van der Waals surface area contributed by atoms with E-state index in [1.54, 1.807) is 0 Å². The molecule has 1 saturated heterocycles. The first-order valence-corrected chi connectivity index (χ1v) is 10.9. The van der Waals surface area contributed by atoms with Crippen LogP contribution in [-0.2, 0) is 28.8 Å². The molecule has 0 aromatic heterocycles. The molecule has 1 unspecified atom stereocenters. The lowest BCUT2D eigenvalue weighted by Gasteiger charge is -2.12. The summed E-state index contributed by atoms with van der Waals surface area (Å²) in [5.74, 6) is -4.24. The van der Waals surface area contributed by atoms with Crippen LogP contribution in [0.5, 0.6) is 0 Å². The van der Waals surface area contributed by atoms with E-state index >= 15 is 0 Å². The number of nitrogens with one attached hydrogen (secondary N) is 1. The number of likely N-dealkylation sites (tertiary alicyclic amines) is 1. The number of hydrogen-bond donors (Lipinski definition) is 4. The molecule has 1 atom stereocenters. The second kappa shape index (κ2) is 16.7. The lowest BCUT2D eigenvalue weighted by molar-refractivity contribution is -0.147. The number of amides is 3. The van der Waals surface area contributed by atoms with Gasteiger partial charge in [-0.2, -0.15) is 0 Å². The van der Waals surface area contributed by atoms with Gasteiger partial charge in [0, 0.05) is 32.2 Å². The van der Waals surface area contributed by atoms with E-state index in [2.05, 4.69) is 12.2 Å². The maximum absolute atomic E-state index is 11.5. The van der Waals surface area contributed by atoms with Crippen LogP contribution in [0.25, 0.3) is 0 Å². The Morgan fingerprint density at radius 2 is 1.41 bits per heavy atom. The third-order valence-corrected chi connectivity index (χ3v) is 4.70. The molecule has 1 heterocycles. The Bertz CT molecular complexity index is 648. The normalized spacial score (nSPS) is 13.8. The number of imide groups is 1. The minimum absolute atomic E-state index is 0.00292. The smallest absolute Gasteiger partial charge is 0.326 e. The van der Waals surface area contributed by atoms with Crippen LogP contribution in [0.15, 0.2) is 0 Å². The molecule has 0 spiro atoms. The highest BCUT2D eigenvalue weighted by Crippen LogP contribution is 2.12. The average Bonchev–Trinajstić information content (AvgIpc) is 3.02. The van der Waals surface area contributed by atoms with Gasteiger partial charge in [-0.3, -0.25) is 28.9 Å². The molecule has 1 fully saturated rings. The lowest BCUT2D eigenvalue weighted by Crippen LogP contribution is -2.42. The largest absolute Gasteiger partial charge is 0.481 e. The van der Waals surface area contributed by atoms with Crippen molar-refractivity contribution >= 4 is 35.6 Å². The summed E-state index contributed by atoms with van der Waals surface area (Å²) in [4.78, 5) is 66.0. The Morgan fingerprint density at radius 3 is 1.91 bits per heavy atom. The van der Waals surface area contributed by atoms with Gasteiger partial charge in [-0.25, -0.2) is 4.79 Å². The van der Waals surface area contributed by atoms with Gasteiger partial charge in [0.1, 0.15) is 6.04 Å². The molecule has 0 radical (unpaired) electrons. The summed E-state index contributed by atoms with van der Waals surface area (Å²) in [5.41, 5.74) is 0. The van der Waals surface area contributed by atoms with E-state index in [9.17, 15) is 28.8 Å². The molecule has 11 heteroatoms. The molecule has 0 aromatic rings. The first-order chi connectivity index (χ1) is 15.1. The van der Waals surface area contributed by atoms with E-state index in [1.807, 2.05) is 0 Å². The van der Waals surface area contributed by atoms with Gasteiger partial charge >= 0.3 is 17.9 Å². The number of nitrogens with zero attached hydrogens (tertiary/aromatic N) is 1. The van der Waals surface area contributed by atoms with Crippen LogP contribution in [-0.4, -0.2) is 68.4 Å². The van der Waals surface area contributed by atoms with Gasteiger partial charge in [-0.05, 0) is 12.8 Å². The van der Waals surface area contributed by atoms with Gasteiger partial charge < -0.3 is 20.6 Å². The summed E-state index contributed by atoms with van der Waals surface area (Å²) >= 11 is 0. The van der Waals surface area contributed by atoms with Crippen molar-refractivity contribution in [1.29, 1.82) is 0 Å². The number of carboxylic acids is 3. The molecule has 0 aliphatic carbocycles. The molecule has 0 saturated carbocycles. The van der Waals surface area contributed by atoms with Crippen LogP contribution >= 0.6 is 0 Å². The van der Waals surface area contributed by atoms with Gasteiger partial charge in [0.05, 0.1) is 6.42 Å². The van der Waals surface area contributed by atoms with Crippen molar-refractivity contribution in [3.63, 3.8) is 0 Å². The highest BCUT2D eigenvalue weighted by Gasteiger charge is 2.28. The quantitative estimate of drug-likeness (QED) is 0.210. The molecule has 3 amide bonds. The van der Waals surface area contributed by atoms with Gasteiger partial charge in [0.25, 0.3) is 0 Å². The minimum atomic E-state index is -1.34. The van der Waals surface area contributed by atoms with Gasteiger partial charge in [-0.1, -0.05) is 39.0 Å². The van der Waals surface area contributed by atoms with Crippen molar-refractivity contribution < 1.29 is 44.1 Å². The summed E-state index contributed by atoms with van der Waals surface area (Å²) in [6.07, 6.45) is 6.73. The van der Waals surface area contributed by atoms with E-state index < -0.39 is 36.3 Å². The topological polar surface area (TPSA) is 178 Å². The molecule has 32 heavy (non-hydrogen) atoms. The van der Waals surface area contributed by atoms with E-state index in [0.29, 0.717) is 12.8 Å². The van der Waals surface area contributed by atoms with Crippen molar-refractivity contribution in [1.82, 2.24) is 10.2 Å². The van der Waals surface area contributed by atoms with Crippen molar-refractivity contribution in [3.05, 3.63) is 0 Å². The zero-order chi connectivity index (χ0) is 24.5. The SMILES string of the molecule is CCCCCCCCC(=O)NC(CC(=O)O)C(=O)O.O=C(O)CCCN1C(=O)CCC1=O. The Kier molecular flexibility index (Phi) is 15.1. The number of hydrogen-bond acceptors (Lipinski definition) is 6. The molecule has 0 bridgehead atoms. The zero-order valence-corrected chi connectivity index (χ0v) is 18.5. The van der Waals surface area contributed by atoms with Gasteiger partial charge in [0.15, 0.2) is 0 Å².